The van der Waals surface area contributed by atoms with Gasteiger partial charge in [0.1, 0.15) is 0 Å². The van der Waals surface area contributed by atoms with Crippen LogP contribution in [0.25, 0.3) is 0 Å². The number of carbonyl (C=O) groups is 3. The van der Waals surface area contributed by atoms with Gasteiger partial charge in [0, 0.05) is 34.7 Å². The minimum Gasteiger partial charge on any atom is -0.465 e. The topological polar surface area (TPSA) is 178 Å². The normalized spacial score (nSPS) is 13.4. The molecule has 3 amide bonds. The molecular formula is C33H45N5O7S2. The molecule has 0 saturated heterocycles. The highest BCUT2D eigenvalue weighted by molar-refractivity contribution is 7.90. The lowest BCUT2D eigenvalue weighted by Gasteiger charge is -2.55. The molecule has 3 rings (SSSR count). The summed E-state index contributed by atoms with van der Waals surface area (Å²) in [6.45, 7) is 11.8. The largest absolute Gasteiger partial charge is 0.465 e. The second kappa shape index (κ2) is 14.3. The van der Waals surface area contributed by atoms with E-state index in [1.165, 1.54) is 24.5 Å². The summed E-state index contributed by atoms with van der Waals surface area (Å²) < 4.78 is 23.6. The molecule has 0 aliphatic rings. The van der Waals surface area contributed by atoms with Gasteiger partial charge in [0.15, 0.2) is 15.0 Å². The molecule has 1 unspecified atom stereocenters. The smallest absolute Gasteiger partial charge is 0.411 e. The molecule has 0 aliphatic carbocycles. The lowest BCUT2D eigenvalue weighted by molar-refractivity contribution is -0.114. The van der Waals surface area contributed by atoms with E-state index in [0.717, 1.165) is 26.6 Å². The highest BCUT2D eigenvalue weighted by atomic mass is 32.2. The van der Waals surface area contributed by atoms with Crippen molar-refractivity contribution >= 4 is 50.1 Å². The molecule has 0 bridgehead atoms. The van der Waals surface area contributed by atoms with Crippen molar-refractivity contribution in [2.45, 2.75) is 90.4 Å². The molecule has 0 radical (unpaired) electrons. The molecule has 2 aromatic carbocycles. The van der Waals surface area contributed by atoms with E-state index in [0.29, 0.717) is 36.5 Å². The number of benzene rings is 2. The molecular weight excluding hydrogens is 643 g/mol. The molecule has 3 aromatic rings. The first-order valence-electron chi connectivity index (χ1n) is 15.1. The van der Waals surface area contributed by atoms with Crippen molar-refractivity contribution in [1.29, 1.82) is 0 Å². The molecule has 1 atom stereocenters. The predicted octanol–water partition coefficient (Wildman–Crippen LogP) is 6.23. The monoisotopic (exact) mass is 687 g/mol. The molecule has 0 saturated carbocycles. The lowest BCUT2D eigenvalue weighted by Crippen LogP contribution is -2.76. The highest BCUT2D eigenvalue weighted by Crippen LogP contribution is 2.39. The third-order valence-electron chi connectivity index (χ3n) is 7.55. The summed E-state index contributed by atoms with van der Waals surface area (Å²) in [5, 5.41) is 29.0. The first-order chi connectivity index (χ1) is 21.6. The average Bonchev–Trinajstić information content (AvgIpc) is 3.29. The fraction of sp³-hybridized carbons (Fsp3) is 0.455. The zero-order valence-electron chi connectivity index (χ0n) is 28.1. The van der Waals surface area contributed by atoms with Gasteiger partial charge in [-0.15, -0.1) is 11.3 Å². The Kier molecular flexibility index (Phi) is 11.3. The van der Waals surface area contributed by atoms with E-state index in [2.05, 4.69) is 20.9 Å². The van der Waals surface area contributed by atoms with Crippen LogP contribution in [0.15, 0.2) is 53.4 Å². The van der Waals surface area contributed by atoms with Crippen molar-refractivity contribution in [1.82, 2.24) is 15.2 Å². The minimum atomic E-state index is -3.28. The van der Waals surface area contributed by atoms with Gasteiger partial charge in [-0.2, -0.15) is 0 Å². The SMILES string of the molecule is CC(=O)Nc1nc(CCc2ccc(NC(NC(=O)O)(N(C(=O)O)C(C)(C)C)C(C)(C)C)cc2)c(CCc2ccc(S(C)(=O)=O)cc2)s1. The fourth-order valence-electron chi connectivity index (χ4n) is 5.31. The van der Waals surface area contributed by atoms with Gasteiger partial charge in [-0.3, -0.25) is 15.0 Å². The molecule has 0 fully saturated rings. The summed E-state index contributed by atoms with van der Waals surface area (Å²) in [6, 6.07) is 14.2. The Hall–Kier alpha value is -4.17. The first-order valence-corrected chi connectivity index (χ1v) is 17.8. The molecule has 14 heteroatoms. The average molecular weight is 688 g/mol. The van der Waals surface area contributed by atoms with Crippen molar-refractivity contribution in [3.8, 4) is 0 Å². The number of carbonyl (C=O) groups excluding carboxylic acids is 1. The second-order valence-electron chi connectivity index (χ2n) is 13.5. The summed E-state index contributed by atoms with van der Waals surface area (Å²) in [5.74, 6) is -1.93. The zero-order chi connectivity index (χ0) is 35.4. The van der Waals surface area contributed by atoms with E-state index in [1.54, 1.807) is 77.9 Å². The van der Waals surface area contributed by atoms with Gasteiger partial charge in [0.2, 0.25) is 11.7 Å². The Morgan fingerprint density at radius 1 is 0.851 bits per heavy atom. The van der Waals surface area contributed by atoms with E-state index in [1.807, 2.05) is 12.1 Å². The summed E-state index contributed by atoms with van der Waals surface area (Å²) >= 11 is 1.42. The van der Waals surface area contributed by atoms with E-state index >= 15 is 0 Å². The van der Waals surface area contributed by atoms with Gasteiger partial charge in [-0.05, 0) is 81.8 Å². The van der Waals surface area contributed by atoms with Crippen LogP contribution in [0.5, 0.6) is 0 Å². The van der Waals surface area contributed by atoms with Gasteiger partial charge in [0.25, 0.3) is 0 Å². The summed E-state index contributed by atoms with van der Waals surface area (Å²) in [4.78, 5) is 43.4. The maximum Gasteiger partial charge on any atom is 0.411 e. The number of aryl methyl sites for hydroxylation is 4. The zero-order valence-corrected chi connectivity index (χ0v) is 29.7. The molecule has 5 N–H and O–H groups in total. The van der Waals surface area contributed by atoms with Gasteiger partial charge in [-0.25, -0.2) is 23.0 Å². The number of rotatable bonds is 12. The summed E-state index contributed by atoms with van der Waals surface area (Å²) in [6.07, 6.45) is 1.06. The minimum absolute atomic E-state index is 0.215. The van der Waals surface area contributed by atoms with Crippen LogP contribution in [-0.2, 0) is 40.3 Å². The van der Waals surface area contributed by atoms with Gasteiger partial charge >= 0.3 is 12.2 Å². The van der Waals surface area contributed by atoms with Crippen LogP contribution in [0.3, 0.4) is 0 Å². The predicted molar refractivity (Wildman–Crippen MR) is 184 cm³/mol. The molecule has 0 aliphatic heterocycles. The number of anilines is 2. The highest BCUT2D eigenvalue weighted by Gasteiger charge is 2.54. The quantitative estimate of drug-likeness (QED) is 0.138. The molecule has 47 heavy (non-hydrogen) atoms. The molecule has 1 aromatic heterocycles. The van der Waals surface area contributed by atoms with Gasteiger partial charge < -0.3 is 20.8 Å². The third kappa shape index (κ3) is 9.67. The maximum absolute atomic E-state index is 12.6. The number of thiazole rings is 1. The van der Waals surface area contributed by atoms with Crippen LogP contribution in [0, 0.1) is 5.41 Å². The van der Waals surface area contributed by atoms with Crippen molar-refractivity contribution in [2.75, 3.05) is 16.9 Å². The summed E-state index contributed by atoms with van der Waals surface area (Å²) in [7, 11) is -3.28. The Labute approximate surface area is 280 Å². The van der Waals surface area contributed by atoms with E-state index in [-0.39, 0.29) is 10.8 Å². The van der Waals surface area contributed by atoms with Gasteiger partial charge in [-0.1, -0.05) is 45.0 Å². The number of nitrogens with zero attached hydrogens (tertiary/aromatic N) is 2. The lowest BCUT2D eigenvalue weighted by atomic mass is 9.82. The van der Waals surface area contributed by atoms with Crippen molar-refractivity contribution in [3.63, 3.8) is 0 Å². The standard InChI is InChI=1S/C33H45N5O7S2/c1-21(39)34-28-35-26(27(46-28)20-14-23-11-17-25(18-12-23)47(8,44)45)19-13-22-9-15-24(16-10-22)36-33(31(2,3)4,37-29(40)41)38(30(42)43)32(5,6)7/h9-12,15-18,36-37H,13-14,19-20H2,1-8H3,(H,40,41)(H,42,43)(H,34,35,39). The summed E-state index contributed by atoms with van der Waals surface area (Å²) in [5.41, 5.74) is 1.46. The number of nitrogens with one attached hydrogen (secondary N) is 3. The Morgan fingerprint density at radius 3 is 1.83 bits per heavy atom. The Morgan fingerprint density at radius 2 is 1.38 bits per heavy atom. The van der Waals surface area contributed by atoms with Gasteiger partial charge in [0.05, 0.1) is 10.6 Å². The van der Waals surface area contributed by atoms with E-state index in [4.69, 9.17) is 0 Å². The van der Waals surface area contributed by atoms with Crippen molar-refractivity contribution in [2.24, 2.45) is 5.41 Å². The molecule has 12 nitrogen and oxygen atoms in total. The number of sulfone groups is 1. The maximum atomic E-state index is 12.6. The van der Waals surface area contributed by atoms with E-state index < -0.39 is 38.8 Å². The fourth-order valence-corrected chi connectivity index (χ4v) is 6.99. The number of hydrogen-bond donors (Lipinski definition) is 5. The number of aromatic nitrogens is 1. The van der Waals surface area contributed by atoms with Crippen LogP contribution in [0.1, 0.15) is 70.2 Å². The van der Waals surface area contributed by atoms with E-state index in [9.17, 15) is 33.0 Å². The van der Waals surface area contributed by atoms with Crippen molar-refractivity contribution in [3.05, 3.63) is 70.2 Å². The van der Waals surface area contributed by atoms with Crippen LogP contribution in [-0.4, -0.2) is 64.2 Å². The number of amides is 3. The Bertz CT molecular complexity index is 1690. The van der Waals surface area contributed by atoms with Crippen LogP contribution in [0.4, 0.5) is 20.4 Å². The number of carboxylic acid groups (broad SMARTS) is 2. The first kappa shape index (κ1) is 37.3. The molecule has 256 valence electrons. The second-order valence-corrected chi connectivity index (χ2v) is 16.6. The molecule has 0 spiro atoms. The third-order valence-corrected chi connectivity index (χ3v) is 9.76. The van der Waals surface area contributed by atoms with Crippen LogP contribution in [0.2, 0.25) is 0 Å². The Balaban J connectivity index is 1.83. The molecule has 1 heterocycles. The van der Waals surface area contributed by atoms with Crippen LogP contribution < -0.4 is 16.0 Å². The van der Waals surface area contributed by atoms with Crippen molar-refractivity contribution < 1.29 is 33.0 Å². The van der Waals surface area contributed by atoms with Crippen LogP contribution >= 0.6 is 11.3 Å². The number of hydrogen-bond acceptors (Lipinski definition) is 8.